The largest absolute Gasteiger partial charge is 0.431 e. The van der Waals surface area contributed by atoms with Gasteiger partial charge < -0.3 is 4.42 Å². The quantitative estimate of drug-likeness (QED) is 0.680. The van der Waals surface area contributed by atoms with Crippen molar-refractivity contribution in [1.82, 2.24) is 4.98 Å². The summed E-state index contributed by atoms with van der Waals surface area (Å²) in [4.78, 5) is 12.8. The third-order valence-electron chi connectivity index (χ3n) is 2.27. The number of anilines is 1. The molecule has 0 unspecified atom stereocenters. The molecule has 2 aromatic rings. The zero-order chi connectivity index (χ0) is 14.9. The molecule has 0 saturated heterocycles. The van der Waals surface area contributed by atoms with Gasteiger partial charge in [0, 0.05) is 12.1 Å². The molecule has 0 amide bonds. The van der Waals surface area contributed by atoms with Crippen LogP contribution in [0.3, 0.4) is 0 Å². The second kappa shape index (κ2) is 4.89. The number of nitrogens with zero attached hydrogens (tertiary/aromatic N) is 2. The average Bonchev–Trinajstić information content (AvgIpc) is 2.73. The summed E-state index contributed by atoms with van der Waals surface area (Å²) < 4.78 is 44.0. The Morgan fingerprint density at radius 3 is 2.65 bits per heavy atom. The molecule has 1 N–H and O–H groups in total. The van der Waals surface area contributed by atoms with Crippen molar-refractivity contribution in [3.8, 4) is 0 Å². The summed E-state index contributed by atoms with van der Waals surface area (Å²) in [6.07, 6.45) is 1.23. The summed E-state index contributed by atoms with van der Waals surface area (Å²) in [6.45, 7) is 1.59. The number of halogens is 1. The fraction of sp³-hybridized carbons (Fsp3) is 0.100. The van der Waals surface area contributed by atoms with E-state index in [2.05, 4.69) is 4.98 Å². The van der Waals surface area contributed by atoms with Crippen LogP contribution in [-0.4, -0.2) is 18.3 Å². The molecule has 20 heavy (non-hydrogen) atoms. The number of sulfonamides is 1. The highest BCUT2D eigenvalue weighted by molar-refractivity contribution is 7.92. The predicted octanol–water partition coefficient (Wildman–Crippen LogP) is 1.83. The van der Waals surface area contributed by atoms with E-state index in [1.54, 1.807) is 6.92 Å². The number of aryl methyl sites for hydroxylation is 1. The van der Waals surface area contributed by atoms with Crippen LogP contribution in [0.2, 0.25) is 0 Å². The van der Waals surface area contributed by atoms with E-state index in [1.165, 1.54) is 6.26 Å². The third-order valence-corrected chi connectivity index (χ3v) is 3.58. The Hall–Kier alpha value is -2.49. The highest BCUT2D eigenvalue weighted by Crippen LogP contribution is 2.22. The van der Waals surface area contributed by atoms with Crippen LogP contribution in [0.25, 0.3) is 0 Å². The van der Waals surface area contributed by atoms with Gasteiger partial charge in [-0.1, -0.05) is 0 Å². The fourth-order valence-corrected chi connectivity index (χ4v) is 2.32. The number of hydrogen-bond acceptors (Lipinski definition) is 6. The van der Waals surface area contributed by atoms with Crippen molar-refractivity contribution in [2.45, 2.75) is 11.8 Å². The summed E-state index contributed by atoms with van der Waals surface area (Å²) in [5.74, 6) is -1.25. The first-order valence-corrected chi connectivity index (χ1v) is 6.67. The number of oxazole rings is 1. The number of benzene rings is 1. The lowest BCUT2D eigenvalue weighted by Crippen LogP contribution is -2.13. The number of nitrogens with one attached hydrogen (secondary N) is 1. The van der Waals surface area contributed by atoms with Gasteiger partial charge in [-0.25, -0.2) is 13.1 Å². The molecule has 0 bridgehead atoms. The monoisotopic (exact) mass is 301 g/mol. The van der Waals surface area contributed by atoms with Crippen LogP contribution in [0.5, 0.6) is 0 Å². The Balaban J connectivity index is 2.35. The lowest BCUT2D eigenvalue weighted by atomic mass is 10.3. The van der Waals surface area contributed by atoms with Crippen LogP contribution >= 0.6 is 0 Å². The first-order chi connectivity index (χ1) is 9.29. The molecule has 2 rings (SSSR count). The van der Waals surface area contributed by atoms with Crippen molar-refractivity contribution in [2.75, 3.05) is 4.72 Å². The Morgan fingerprint density at radius 2 is 2.15 bits per heavy atom. The maximum Gasteiger partial charge on any atom is 0.309 e. The minimum atomic E-state index is -4.13. The van der Waals surface area contributed by atoms with Gasteiger partial charge in [-0.2, -0.15) is 9.37 Å². The Kier molecular flexibility index (Phi) is 3.40. The van der Waals surface area contributed by atoms with Gasteiger partial charge in [0.2, 0.25) is 5.82 Å². The van der Waals surface area contributed by atoms with Crippen LogP contribution in [0.4, 0.5) is 16.1 Å². The smallest absolute Gasteiger partial charge is 0.309 e. The van der Waals surface area contributed by atoms with Crippen molar-refractivity contribution in [1.29, 1.82) is 0 Å². The molecule has 1 aromatic carbocycles. The average molecular weight is 301 g/mol. The summed E-state index contributed by atoms with van der Waals surface area (Å²) >= 11 is 0. The maximum atomic E-state index is 13.4. The van der Waals surface area contributed by atoms with Gasteiger partial charge in [-0.15, -0.1) is 0 Å². The lowest BCUT2D eigenvalue weighted by Gasteiger charge is -2.04. The van der Waals surface area contributed by atoms with E-state index in [9.17, 15) is 22.9 Å². The minimum absolute atomic E-state index is 0.277. The SMILES string of the molecule is Cc1coc(NS(=O)(=O)c2ccc([N+](=O)[O-])c(F)c2)n1. The molecule has 0 aliphatic carbocycles. The predicted molar refractivity (Wildman–Crippen MR) is 65.1 cm³/mol. The van der Waals surface area contributed by atoms with Crippen LogP contribution in [0.1, 0.15) is 5.69 Å². The molecule has 1 aromatic heterocycles. The van der Waals surface area contributed by atoms with E-state index in [4.69, 9.17) is 4.42 Å². The molecular weight excluding hydrogens is 293 g/mol. The summed E-state index contributed by atoms with van der Waals surface area (Å²) in [7, 11) is -4.13. The fourth-order valence-electron chi connectivity index (χ4n) is 1.38. The molecule has 1 heterocycles. The first-order valence-electron chi connectivity index (χ1n) is 5.18. The van der Waals surface area contributed by atoms with Gasteiger partial charge >= 0.3 is 11.7 Å². The standard InChI is InChI=1S/C10H8FN3O5S/c1-6-5-19-10(12-6)13-20(17,18)7-2-3-9(14(15)16)8(11)4-7/h2-5H,1H3,(H,12,13). The van der Waals surface area contributed by atoms with Crippen molar-refractivity contribution in [3.63, 3.8) is 0 Å². The number of hydrogen-bond donors (Lipinski definition) is 1. The van der Waals surface area contributed by atoms with E-state index in [-0.39, 0.29) is 6.01 Å². The zero-order valence-electron chi connectivity index (χ0n) is 10.0. The molecule has 10 heteroatoms. The normalized spacial score (nSPS) is 11.3. The highest BCUT2D eigenvalue weighted by Gasteiger charge is 2.22. The van der Waals surface area contributed by atoms with Gasteiger partial charge in [0.25, 0.3) is 10.0 Å². The third kappa shape index (κ3) is 2.74. The summed E-state index contributed by atoms with van der Waals surface area (Å²) in [6, 6.07) is 1.96. The number of nitro groups is 1. The van der Waals surface area contributed by atoms with E-state index in [0.29, 0.717) is 11.8 Å². The van der Waals surface area contributed by atoms with Gasteiger partial charge in [0.1, 0.15) is 6.26 Å². The molecule has 0 fully saturated rings. The highest BCUT2D eigenvalue weighted by atomic mass is 32.2. The van der Waals surface area contributed by atoms with Gasteiger partial charge in [-0.05, 0) is 13.0 Å². The molecule has 0 aliphatic heterocycles. The summed E-state index contributed by atoms with van der Waals surface area (Å²) in [5.41, 5.74) is -0.353. The van der Waals surface area contributed by atoms with E-state index < -0.39 is 31.3 Å². The molecule has 8 nitrogen and oxygen atoms in total. The number of rotatable bonds is 4. The van der Waals surface area contributed by atoms with Crippen LogP contribution in [-0.2, 0) is 10.0 Å². The van der Waals surface area contributed by atoms with Crippen molar-refractivity contribution in [3.05, 3.63) is 46.1 Å². The molecule has 0 atom stereocenters. The lowest BCUT2D eigenvalue weighted by molar-refractivity contribution is -0.387. The molecule has 106 valence electrons. The molecule has 0 saturated carbocycles. The second-order valence-corrected chi connectivity index (χ2v) is 5.45. The zero-order valence-corrected chi connectivity index (χ0v) is 10.8. The van der Waals surface area contributed by atoms with Crippen LogP contribution in [0, 0.1) is 22.9 Å². The van der Waals surface area contributed by atoms with Gasteiger partial charge in [-0.3, -0.25) is 10.1 Å². The maximum absolute atomic E-state index is 13.4. The topological polar surface area (TPSA) is 115 Å². The second-order valence-electron chi connectivity index (χ2n) is 3.77. The van der Waals surface area contributed by atoms with E-state index in [0.717, 1.165) is 12.1 Å². The minimum Gasteiger partial charge on any atom is -0.431 e. The molecule has 0 radical (unpaired) electrons. The molecule has 0 aliphatic rings. The Labute approximate surface area is 112 Å². The van der Waals surface area contributed by atoms with E-state index >= 15 is 0 Å². The van der Waals surface area contributed by atoms with Crippen LogP contribution in [0.15, 0.2) is 33.8 Å². The van der Waals surface area contributed by atoms with Crippen LogP contribution < -0.4 is 4.72 Å². The van der Waals surface area contributed by atoms with Gasteiger partial charge in [0.05, 0.1) is 15.5 Å². The Morgan fingerprint density at radius 1 is 1.45 bits per heavy atom. The number of aromatic nitrogens is 1. The van der Waals surface area contributed by atoms with Crippen molar-refractivity contribution >= 4 is 21.7 Å². The summed E-state index contributed by atoms with van der Waals surface area (Å²) in [5, 5.41) is 10.5. The Bertz CT molecular complexity index is 771. The number of nitro benzene ring substituents is 1. The van der Waals surface area contributed by atoms with Crippen molar-refractivity contribution in [2.24, 2.45) is 0 Å². The molecular formula is C10H8FN3O5S. The van der Waals surface area contributed by atoms with Gasteiger partial charge in [0.15, 0.2) is 0 Å². The van der Waals surface area contributed by atoms with E-state index in [1.807, 2.05) is 4.72 Å². The molecule has 0 spiro atoms. The van der Waals surface area contributed by atoms with Crippen molar-refractivity contribution < 1.29 is 22.1 Å². The first kappa shape index (κ1) is 13.9.